The molecule has 0 aliphatic rings. The molecule has 12 heteroatoms. The average Bonchev–Trinajstić information content (AvgIpc) is 3.50. The molecule has 0 aliphatic carbocycles. The standard InChI is InChI=1S/C23H17N7O5/c1-34-17-11-12-19-18(13-17)21(35-16-9-7-15(8-10-16)30(32)33)20(22(31)24-23-25-27-28-26-23)29(19)14-5-3-2-4-6-14/h2-13H,1H3,(H2,24,25,26,27,28,31). The first kappa shape index (κ1) is 21.6. The molecule has 0 unspecified atom stereocenters. The molecule has 5 rings (SSSR count). The lowest BCUT2D eigenvalue weighted by Gasteiger charge is -2.12. The summed E-state index contributed by atoms with van der Waals surface area (Å²) in [6.45, 7) is 0. The second-order valence-corrected chi connectivity index (χ2v) is 7.27. The van der Waals surface area contributed by atoms with Crippen molar-refractivity contribution in [1.82, 2.24) is 25.2 Å². The summed E-state index contributed by atoms with van der Waals surface area (Å²) >= 11 is 0. The minimum Gasteiger partial charge on any atom is -0.497 e. The Morgan fingerprint density at radius 3 is 2.46 bits per heavy atom. The van der Waals surface area contributed by atoms with Gasteiger partial charge < -0.3 is 14.0 Å². The molecule has 0 saturated heterocycles. The van der Waals surface area contributed by atoms with Crippen LogP contribution >= 0.6 is 0 Å². The molecule has 1 amide bonds. The summed E-state index contributed by atoms with van der Waals surface area (Å²) in [5.74, 6) is 0.513. The molecular weight excluding hydrogens is 454 g/mol. The highest BCUT2D eigenvalue weighted by molar-refractivity contribution is 6.10. The molecule has 5 aromatic rings. The number of para-hydroxylation sites is 1. The molecule has 0 atom stereocenters. The van der Waals surface area contributed by atoms with Gasteiger partial charge in [0.2, 0.25) is 0 Å². The number of ether oxygens (including phenoxy) is 2. The predicted molar refractivity (Wildman–Crippen MR) is 125 cm³/mol. The normalized spacial score (nSPS) is 10.8. The lowest BCUT2D eigenvalue weighted by atomic mass is 10.2. The quantitative estimate of drug-likeness (QED) is 0.266. The van der Waals surface area contributed by atoms with Crippen molar-refractivity contribution in [3.63, 3.8) is 0 Å². The summed E-state index contributed by atoms with van der Waals surface area (Å²) in [5, 5.41) is 27.6. The summed E-state index contributed by atoms with van der Waals surface area (Å²) in [4.78, 5) is 24.1. The number of nitro groups is 1. The van der Waals surface area contributed by atoms with Crippen LogP contribution in [0.25, 0.3) is 16.6 Å². The van der Waals surface area contributed by atoms with Gasteiger partial charge in [-0.2, -0.15) is 5.21 Å². The lowest BCUT2D eigenvalue weighted by molar-refractivity contribution is -0.384. The van der Waals surface area contributed by atoms with Gasteiger partial charge in [-0.3, -0.25) is 20.2 Å². The highest BCUT2D eigenvalue weighted by atomic mass is 16.6. The Kier molecular flexibility index (Phi) is 5.51. The van der Waals surface area contributed by atoms with Gasteiger partial charge in [0.05, 0.1) is 17.5 Å². The molecule has 0 fully saturated rings. The summed E-state index contributed by atoms with van der Waals surface area (Å²) in [6, 6.07) is 20.2. The van der Waals surface area contributed by atoms with Crippen LogP contribution in [0.3, 0.4) is 0 Å². The van der Waals surface area contributed by atoms with Crippen LogP contribution in [-0.2, 0) is 0 Å². The molecule has 35 heavy (non-hydrogen) atoms. The number of carbonyl (C=O) groups excluding carboxylic acids is 1. The van der Waals surface area contributed by atoms with E-state index in [0.29, 0.717) is 28.1 Å². The van der Waals surface area contributed by atoms with Crippen LogP contribution in [0.2, 0.25) is 0 Å². The van der Waals surface area contributed by atoms with Crippen LogP contribution in [0.4, 0.5) is 11.6 Å². The number of rotatable bonds is 7. The molecule has 0 radical (unpaired) electrons. The lowest BCUT2D eigenvalue weighted by Crippen LogP contribution is -2.18. The van der Waals surface area contributed by atoms with Crippen molar-refractivity contribution in [3.05, 3.63) is 88.6 Å². The highest BCUT2D eigenvalue weighted by Crippen LogP contribution is 2.40. The Bertz CT molecular complexity index is 1510. The Morgan fingerprint density at radius 2 is 1.80 bits per heavy atom. The van der Waals surface area contributed by atoms with Crippen molar-refractivity contribution in [3.8, 4) is 22.9 Å². The number of hydrogen-bond donors (Lipinski definition) is 2. The second-order valence-electron chi connectivity index (χ2n) is 7.27. The van der Waals surface area contributed by atoms with E-state index < -0.39 is 10.8 Å². The number of benzene rings is 3. The van der Waals surface area contributed by atoms with Crippen molar-refractivity contribution < 1.29 is 19.2 Å². The van der Waals surface area contributed by atoms with Crippen LogP contribution < -0.4 is 14.8 Å². The zero-order chi connectivity index (χ0) is 24.4. The number of non-ortho nitro benzene ring substituents is 1. The molecule has 12 nitrogen and oxygen atoms in total. The fourth-order valence-electron chi connectivity index (χ4n) is 3.65. The third-order valence-corrected chi connectivity index (χ3v) is 5.20. The van der Waals surface area contributed by atoms with Crippen LogP contribution in [0.5, 0.6) is 17.2 Å². The van der Waals surface area contributed by atoms with Crippen LogP contribution in [-0.4, -0.2) is 43.1 Å². The zero-order valence-corrected chi connectivity index (χ0v) is 18.2. The smallest absolute Gasteiger partial charge is 0.279 e. The number of tetrazole rings is 1. The van der Waals surface area contributed by atoms with E-state index in [1.165, 1.54) is 31.4 Å². The van der Waals surface area contributed by atoms with Crippen molar-refractivity contribution in [2.45, 2.75) is 0 Å². The zero-order valence-electron chi connectivity index (χ0n) is 18.2. The Hall–Kier alpha value is -5.26. The number of amides is 1. The van der Waals surface area contributed by atoms with E-state index in [1.807, 2.05) is 36.4 Å². The summed E-state index contributed by atoms with van der Waals surface area (Å²) < 4.78 is 13.3. The molecule has 3 aromatic carbocycles. The predicted octanol–water partition coefficient (Wildman–Crippen LogP) is 4.11. The van der Waals surface area contributed by atoms with Crippen molar-refractivity contribution in [1.29, 1.82) is 0 Å². The van der Waals surface area contributed by atoms with Crippen molar-refractivity contribution in [2.24, 2.45) is 0 Å². The van der Waals surface area contributed by atoms with Gasteiger partial charge in [0.15, 0.2) is 11.4 Å². The number of methoxy groups -OCH3 is 1. The fraction of sp³-hybridized carbons (Fsp3) is 0.0435. The Balaban J connectivity index is 1.73. The minimum atomic E-state index is -0.553. The maximum absolute atomic E-state index is 13.5. The fourth-order valence-corrected chi connectivity index (χ4v) is 3.65. The number of fused-ring (bicyclic) bond motifs is 1. The largest absolute Gasteiger partial charge is 0.497 e. The molecule has 0 bridgehead atoms. The molecular formula is C23H17N7O5. The third kappa shape index (κ3) is 4.11. The van der Waals surface area contributed by atoms with Gasteiger partial charge in [-0.1, -0.05) is 23.3 Å². The summed E-state index contributed by atoms with van der Waals surface area (Å²) in [7, 11) is 1.54. The minimum absolute atomic E-state index is 0.0151. The number of nitro benzene ring substituents is 1. The molecule has 0 spiro atoms. The van der Waals surface area contributed by atoms with Crippen LogP contribution in [0.1, 0.15) is 10.5 Å². The maximum Gasteiger partial charge on any atom is 0.279 e. The van der Waals surface area contributed by atoms with E-state index in [4.69, 9.17) is 9.47 Å². The van der Waals surface area contributed by atoms with E-state index in [1.54, 1.807) is 16.7 Å². The second kappa shape index (κ2) is 8.94. The number of anilines is 1. The van der Waals surface area contributed by atoms with Gasteiger partial charge in [0.25, 0.3) is 17.5 Å². The van der Waals surface area contributed by atoms with Gasteiger partial charge in [-0.25, -0.2) is 0 Å². The average molecular weight is 471 g/mol. The number of hydrogen-bond acceptors (Lipinski definition) is 8. The maximum atomic E-state index is 13.5. The molecule has 174 valence electrons. The molecule has 2 N–H and O–H groups in total. The number of aromatic nitrogens is 5. The van der Waals surface area contributed by atoms with E-state index in [9.17, 15) is 14.9 Å². The van der Waals surface area contributed by atoms with E-state index in [0.717, 1.165) is 0 Å². The van der Waals surface area contributed by atoms with Crippen molar-refractivity contribution >= 4 is 28.4 Å². The Morgan fingerprint density at radius 1 is 1.06 bits per heavy atom. The molecule has 0 saturated carbocycles. The van der Waals surface area contributed by atoms with Gasteiger partial charge in [0.1, 0.15) is 11.5 Å². The number of nitrogens with one attached hydrogen (secondary N) is 2. The molecule has 2 aromatic heterocycles. The van der Waals surface area contributed by atoms with Gasteiger partial charge in [-0.05, 0) is 47.7 Å². The van der Waals surface area contributed by atoms with E-state index in [-0.39, 0.29) is 23.1 Å². The van der Waals surface area contributed by atoms with E-state index in [2.05, 4.69) is 25.9 Å². The van der Waals surface area contributed by atoms with Crippen LogP contribution in [0.15, 0.2) is 72.8 Å². The van der Waals surface area contributed by atoms with Gasteiger partial charge in [-0.15, -0.1) is 5.10 Å². The number of carbonyl (C=O) groups is 1. The SMILES string of the molecule is COc1ccc2c(c1)c(Oc1ccc([N+](=O)[O-])cc1)c(C(=O)Nc1nn[nH]n1)n2-c1ccccc1. The summed E-state index contributed by atoms with van der Waals surface area (Å²) in [5.41, 5.74) is 1.45. The third-order valence-electron chi connectivity index (χ3n) is 5.20. The monoisotopic (exact) mass is 471 g/mol. The van der Waals surface area contributed by atoms with Crippen LogP contribution in [0, 0.1) is 10.1 Å². The number of nitrogens with zero attached hydrogens (tertiary/aromatic N) is 5. The first-order valence-electron chi connectivity index (χ1n) is 10.3. The number of aromatic amines is 1. The Labute approximate surface area is 197 Å². The van der Waals surface area contributed by atoms with Gasteiger partial charge >= 0.3 is 0 Å². The van der Waals surface area contributed by atoms with Gasteiger partial charge in [0, 0.05) is 23.2 Å². The topological polar surface area (TPSA) is 150 Å². The first-order valence-corrected chi connectivity index (χ1v) is 10.3. The molecule has 0 aliphatic heterocycles. The highest BCUT2D eigenvalue weighted by Gasteiger charge is 2.27. The number of H-pyrrole nitrogens is 1. The van der Waals surface area contributed by atoms with Crippen molar-refractivity contribution in [2.75, 3.05) is 12.4 Å². The molecule has 2 heterocycles. The van der Waals surface area contributed by atoms with E-state index >= 15 is 0 Å². The summed E-state index contributed by atoms with van der Waals surface area (Å²) in [6.07, 6.45) is 0. The first-order chi connectivity index (χ1) is 17.0.